The van der Waals surface area contributed by atoms with Gasteiger partial charge in [0.05, 0.1) is 8.26 Å². The van der Waals surface area contributed by atoms with Crippen LogP contribution in [-0.4, -0.2) is 0 Å². The smallest absolute Gasteiger partial charge is 0.0656 e. The van der Waals surface area contributed by atoms with Crippen molar-refractivity contribution in [1.29, 1.82) is 0 Å². The molecule has 0 radical (unpaired) electrons. The van der Waals surface area contributed by atoms with Crippen molar-refractivity contribution in [3.05, 3.63) is 54.2 Å². The van der Waals surface area contributed by atoms with Crippen LogP contribution in [0.5, 0.6) is 0 Å². The summed E-state index contributed by atoms with van der Waals surface area (Å²) in [5.41, 5.74) is 2.48. The van der Waals surface area contributed by atoms with E-state index in [0.29, 0.717) is 0 Å². The predicted octanol–water partition coefficient (Wildman–Crippen LogP) is 5.64. The van der Waals surface area contributed by atoms with Crippen LogP contribution in [0.1, 0.15) is 16.5 Å². The van der Waals surface area contributed by atoms with Gasteiger partial charge in [0.1, 0.15) is 0 Å². The minimum atomic E-state index is 0.0639. The highest BCUT2D eigenvalue weighted by atomic mass is 127. The number of hydrogen-bond acceptors (Lipinski definition) is 1. The van der Waals surface area contributed by atoms with E-state index in [-0.39, 0.29) is 5.38 Å². The van der Waals surface area contributed by atoms with Gasteiger partial charge in [0, 0.05) is 4.47 Å². The molecule has 0 N–H and O–H groups in total. The lowest BCUT2D eigenvalue weighted by Crippen LogP contribution is -1.94. The fraction of sp³-hybridized carbons (Fsp3) is 0.167. The highest BCUT2D eigenvalue weighted by Gasteiger charge is 2.10. The Hall–Kier alpha value is 0.420. The standard InChI is InChI=1S/C12H9BrClIS/c13-10-3-1-2-8(4-10)5-11(14)9-6-12(15)16-7-9/h1-4,6-7,11H,5H2. The molecule has 1 atom stereocenters. The predicted molar refractivity (Wildman–Crippen MR) is 83.5 cm³/mol. The molecule has 2 rings (SSSR count). The van der Waals surface area contributed by atoms with Crippen molar-refractivity contribution >= 4 is 61.5 Å². The zero-order valence-electron chi connectivity index (χ0n) is 8.29. The van der Waals surface area contributed by atoms with E-state index < -0.39 is 0 Å². The normalized spacial score (nSPS) is 12.7. The SMILES string of the molecule is ClC(Cc1cccc(Br)c1)c1csc(I)c1. The number of rotatable bonds is 3. The number of alkyl halides is 1. The van der Waals surface area contributed by atoms with Gasteiger partial charge in [-0.1, -0.05) is 28.1 Å². The summed E-state index contributed by atoms with van der Waals surface area (Å²) in [7, 11) is 0. The average Bonchev–Trinajstić information content (AvgIpc) is 2.65. The van der Waals surface area contributed by atoms with Gasteiger partial charge in [-0.2, -0.15) is 0 Å². The van der Waals surface area contributed by atoms with Crippen LogP contribution < -0.4 is 0 Å². The second-order valence-electron chi connectivity index (χ2n) is 3.49. The summed E-state index contributed by atoms with van der Waals surface area (Å²) in [6.45, 7) is 0. The van der Waals surface area contributed by atoms with Crippen LogP contribution >= 0.6 is 61.5 Å². The van der Waals surface area contributed by atoms with Gasteiger partial charge in [-0.3, -0.25) is 0 Å². The summed E-state index contributed by atoms with van der Waals surface area (Å²) in [6, 6.07) is 10.5. The molecule has 0 bridgehead atoms. The minimum absolute atomic E-state index is 0.0639. The van der Waals surface area contributed by atoms with Crippen LogP contribution in [0.15, 0.2) is 40.2 Å². The Labute approximate surface area is 126 Å². The first-order valence-corrected chi connectivity index (χ1v) is 7.96. The van der Waals surface area contributed by atoms with Crippen LogP contribution in [0.25, 0.3) is 0 Å². The maximum Gasteiger partial charge on any atom is 0.0656 e. The van der Waals surface area contributed by atoms with Gasteiger partial charge in [0.15, 0.2) is 0 Å². The molecule has 0 aliphatic rings. The molecule has 0 amide bonds. The summed E-state index contributed by atoms with van der Waals surface area (Å²) >= 11 is 13.9. The molecular formula is C12H9BrClIS. The fourth-order valence-electron chi connectivity index (χ4n) is 1.48. The molecule has 1 unspecified atom stereocenters. The molecule has 0 fully saturated rings. The summed E-state index contributed by atoms with van der Waals surface area (Å²) in [5, 5.41) is 2.20. The van der Waals surface area contributed by atoms with Gasteiger partial charge in [0.2, 0.25) is 0 Å². The molecule has 0 nitrogen and oxygen atoms in total. The average molecular weight is 428 g/mol. The number of thiophene rings is 1. The summed E-state index contributed by atoms with van der Waals surface area (Å²) in [5.74, 6) is 0. The molecule has 16 heavy (non-hydrogen) atoms. The van der Waals surface area contributed by atoms with E-state index in [2.05, 4.69) is 62.1 Å². The molecule has 0 aliphatic carbocycles. The first-order valence-electron chi connectivity index (χ1n) is 4.77. The summed E-state index contributed by atoms with van der Waals surface area (Å²) in [6.07, 6.45) is 0.869. The minimum Gasteiger partial charge on any atom is -0.137 e. The molecule has 84 valence electrons. The van der Waals surface area contributed by atoms with E-state index in [0.717, 1.165) is 10.9 Å². The van der Waals surface area contributed by atoms with E-state index in [9.17, 15) is 0 Å². The zero-order valence-corrected chi connectivity index (χ0v) is 13.6. The third-order valence-electron chi connectivity index (χ3n) is 2.25. The fourth-order valence-corrected chi connectivity index (χ4v) is 3.73. The lowest BCUT2D eigenvalue weighted by atomic mass is 10.1. The highest BCUT2D eigenvalue weighted by Crippen LogP contribution is 2.30. The third-order valence-corrected chi connectivity index (χ3v) is 4.96. The van der Waals surface area contributed by atoms with Crippen molar-refractivity contribution in [2.75, 3.05) is 0 Å². The second-order valence-corrected chi connectivity index (χ2v) is 7.73. The van der Waals surface area contributed by atoms with Gasteiger partial charge in [0.25, 0.3) is 0 Å². The van der Waals surface area contributed by atoms with E-state index >= 15 is 0 Å². The summed E-state index contributed by atoms with van der Waals surface area (Å²) < 4.78 is 2.39. The van der Waals surface area contributed by atoms with E-state index in [1.54, 1.807) is 11.3 Å². The molecule has 0 aliphatic heterocycles. The monoisotopic (exact) mass is 426 g/mol. The molecule has 4 heteroatoms. The molecule has 1 aromatic heterocycles. The topological polar surface area (TPSA) is 0 Å². The van der Waals surface area contributed by atoms with Gasteiger partial charge in [-0.05, 0) is 63.7 Å². The first-order chi connectivity index (χ1) is 7.65. The maximum atomic E-state index is 6.39. The van der Waals surface area contributed by atoms with Crippen LogP contribution in [-0.2, 0) is 6.42 Å². The quantitative estimate of drug-likeness (QED) is 0.439. The van der Waals surface area contributed by atoms with Crippen LogP contribution in [0, 0.1) is 2.88 Å². The van der Waals surface area contributed by atoms with Gasteiger partial charge < -0.3 is 0 Å². The van der Waals surface area contributed by atoms with Crippen LogP contribution in [0.2, 0.25) is 0 Å². The molecule has 0 spiro atoms. The van der Waals surface area contributed by atoms with Crippen molar-refractivity contribution in [3.8, 4) is 0 Å². The lowest BCUT2D eigenvalue weighted by Gasteiger charge is -2.07. The Morgan fingerprint density at radius 3 is 2.81 bits per heavy atom. The van der Waals surface area contributed by atoms with Gasteiger partial charge in [-0.15, -0.1) is 22.9 Å². The Kier molecular flexibility index (Phi) is 4.70. The molecule has 1 heterocycles. The van der Waals surface area contributed by atoms with Crippen molar-refractivity contribution < 1.29 is 0 Å². The van der Waals surface area contributed by atoms with Crippen molar-refractivity contribution in [2.24, 2.45) is 0 Å². The number of halogens is 3. The second kappa shape index (κ2) is 5.85. The molecule has 0 saturated carbocycles. The van der Waals surface area contributed by atoms with Gasteiger partial charge in [-0.25, -0.2) is 0 Å². The van der Waals surface area contributed by atoms with E-state index in [1.165, 1.54) is 14.0 Å². The molecule has 0 saturated heterocycles. The van der Waals surface area contributed by atoms with E-state index in [4.69, 9.17) is 11.6 Å². The first kappa shape index (κ1) is 12.9. The highest BCUT2D eigenvalue weighted by molar-refractivity contribution is 14.1. The molecule has 1 aromatic carbocycles. The molecular weight excluding hydrogens is 418 g/mol. The Bertz CT molecular complexity index is 483. The van der Waals surface area contributed by atoms with Crippen molar-refractivity contribution in [3.63, 3.8) is 0 Å². The summed E-state index contributed by atoms with van der Waals surface area (Å²) in [4.78, 5) is 0. The molecule has 2 aromatic rings. The van der Waals surface area contributed by atoms with Crippen LogP contribution in [0.4, 0.5) is 0 Å². The van der Waals surface area contributed by atoms with E-state index in [1.807, 2.05) is 12.1 Å². The zero-order chi connectivity index (χ0) is 11.5. The Balaban J connectivity index is 2.10. The Morgan fingerprint density at radius 2 is 2.19 bits per heavy atom. The van der Waals surface area contributed by atoms with Crippen LogP contribution in [0.3, 0.4) is 0 Å². The van der Waals surface area contributed by atoms with Crippen molar-refractivity contribution in [1.82, 2.24) is 0 Å². The Morgan fingerprint density at radius 1 is 1.38 bits per heavy atom. The lowest BCUT2D eigenvalue weighted by molar-refractivity contribution is 0.924. The third kappa shape index (κ3) is 3.45. The largest absolute Gasteiger partial charge is 0.137 e. The number of benzene rings is 1. The maximum absolute atomic E-state index is 6.39. The number of hydrogen-bond donors (Lipinski definition) is 0. The van der Waals surface area contributed by atoms with Crippen molar-refractivity contribution in [2.45, 2.75) is 11.8 Å². The van der Waals surface area contributed by atoms with Gasteiger partial charge >= 0.3 is 0 Å².